The number of ether oxygens (including phenoxy) is 2. The molecule has 0 spiro atoms. The molecule has 178 valence electrons. The summed E-state index contributed by atoms with van der Waals surface area (Å²) in [6, 6.07) is 12.8. The van der Waals surface area contributed by atoms with Gasteiger partial charge in [-0.25, -0.2) is 4.98 Å². The third-order valence-electron chi connectivity index (χ3n) is 5.04. The van der Waals surface area contributed by atoms with Gasteiger partial charge in [-0.05, 0) is 35.9 Å². The molecule has 4 rings (SSSR count). The third-order valence-corrected chi connectivity index (χ3v) is 5.78. The van der Waals surface area contributed by atoms with Crippen LogP contribution in [0.5, 0.6) is 17.4 Å². The van der Waals surface area contributed by atoms with Gasteiger partial charge < -0.3 is 19.9 Å². The molecule has 0 saturated heterocycles. The lowest BCUT2D eigenvalue weighted by molar-refractivity contribution is -0.384. The maximum atomic E-state index is 11.5. The number of nitrogens with zero attached hydrogens (tertiary/aromatic N) is 3. The molecule has 35 heavy (non-hydrogen) atoms. The molecule has 0 atom stereocenters. The van der Waals surface area contributed by atoms with Gasteiger partial charge in [-0.2, -0.15) is 4.98 Å². The maximum absolute atomic E-state index is 11.5. The Balaban J connectivity index is 1.80. The zero-order valence-electron chi connectivity index (χ0n) is 18.5. The van der Waals surface area contributed by atoms with E-state index in [1.807, 2.05) is 0 Å². The maximum Gasteiger partial charge on any atom is 0.270 e. The molecule has 0 radical (unpaired) electrons. The molecule has 3 aromatic carbocycles. The monoisotopic (exact) mass is 512 g/mol. The van der Waals surface area contributed by atoms with Gasteiger partial charge in [0, 0.05) is 23.4 Å². The standard InChI is InChI=1S/C24H18Cl2N4O5/c1-34-20-8-4-13(9-21(20)35-2)3-5-14-10-16(30(32)33)12-17-22(14)28-24(29-23(17)31)27-15-6-7-18(25)19(26)11-15/h3-12H,1-2H3,(H2,27,28,29,31). The number of halogens is 2. The predicted octanol–water partition coefficient (Wildman–Crippen LogP) is 6.48. The van der Waals surface area contributed by atoms with Gasteiger partial charge in [0.1, 0.15) is 0 Å². The van der Waals surface area contributed by atoms with Crippen LogP contribution >= 0.6 is 23.2 Å². The van der Waals surface area contributed by atoms with Gasteiger partial charge in [-0.3, -0.25) is 10.1 Å². The van der Waals surface area contributed by atoms with Crippen LogP contribution in [-0.2, 0) is 0 Å². The number of nitrogens with one attached hydrogen (secondary N) is 1. The van der Waals surface area contributed by atoms with E-state index in [0.29, 0.717) is 38.3 Å². The summed E-state index contributed by atoms with van der Waals surface area (Å²) < 4.78 is 10.6. The summed E-state index contributed by atoms with van der Waals surface area (Å²) in [6.45, 7) is 0. The molecule has 9 nitrogen and oxygen atoms in total. The SMILES string of the molecule is COc1ccc(C=Cc2cc([N+](=O)[O-])cc3c(O)nc(Nc4ccc(Cl)c(Cl)c4)nc23)cc1OC. The first-order valence-electron chi connectivity index (χ1n) is 10.1. The highest BCUT2D eigenvalue weighted by Crippen LogP contribution is 2.33. The zero-order chi connectivity index (χ0) is 25.1. The number of nitro groups is 1. The minimum absolute atomic E-state index is 0.0722. The molecule has 0 aliphatic carbocycles. The van der Waals surface area contributed by atoms with Crippen molar-refractivity contribution in [2.24, 2.45) is 0 Å². The van der Waals surface area contributed by atoms with E-state index in [1.165, 1.54) is 19.2 Å². The Morgan fingerprint density at radius 1 is 0.971 bits per heavy atom. The Morgan fingerprint density at radius 3 is 2.43 bits per heavy atom. The smallest absolute Gasteiger partial charge is 0.270 e. The number of non-ortho nitro benzene ring substituents is 1. The number of hydrogen-bond acceptors (Lipinski definition) is 8. The second-order valence-corrected chi connectivity index (χ2v) is 8.08. The Labute approximate surface area is 209 Å². The van der Waals surface area contributed by atoms with Crippen LogP contribution in [-0.4, -0.2) is 34.2 Å². The Kier molecular flexibility index (Phi) is 6.90. The van der Waals surface area contributed by atoms with Gasteiger partial charge in [-0.15, -0.1) is 0 Å². The van der Waals surface area contributed by atoms with E-state index >= 15 is 0 Å². The molecular weight excluding hydrogens is 495 g/mol. The van der Waals surface area contributed by atoms with Crippen molar-refractivity contribution in [2.45, 2.75) is 0 Å². The Hall–Kier alpha value is -4.08. The lowest BCUT2D eigenvalue weighted by atomic mass is 10.1. The minimum Gasteiger partial charge on any atom is -0.493 e. The van der Waals surface area contributed by atoms with Crippen LogP contribution in [0.15, 0.2) is 48.5 Å². The first-order chi connectivity index (χ1) is 16.8. The second-order valence-electron chi connectivity index (χ2n) is 7.26. The molecule has 0 saturated carbocycles. The van der Waals surface area contributed by atoms with Crippen molar-refractivity contribution in [3.05, 3.63) is 79.8 Å². The first kappa shape index (κ1) is 24.1. The van der Waals surface area contributed by atoms with E-state index in [4.69, 9.17) is 32.7 Å². The molecule has 0 aliphatic rings. The van der Waals surface area contributed by atoms with Gasteiger partial charge >= 0.3 is 0 Å². The van der Waals surface area contributed by atoms with Crippen molar-refractivity contribution in [1.82, 2.24) is 9.97 Å². The third kappa shape index (κ3) is 5.21. The number of fused-ring (bicyclic) bond motifs is 1. The van der Waals surface area contributed by atoms with Crippen LogP contribution in [0.4, 0.5) is 17.3 Å². The molecular formula is C24H18Cl2N4O5. The Bertz CT molecular complexity index is 1480. The number of anilines is 2. The summed E-state index contributed by atoms with van der Waals surface area (Å²) in [5, 5.41) is 25.9. The molecule has 0 amide bonds. The van der Waals surface area contributed by atoms with Gasteiger partial charge in [-0.1, -0.05) is 41.4 Å². The lowest BCUT2D eigenvalue weighted by Crippen LogP contribution is -2.00. The number of aromatic hydroxyl groups is 1. The van der Waals surface area contributed by atoms with E-state index in [0.717, 1.165) is 5.56 Å². The van der Waals surface area contributed by atoms with E-state index in [2.05, 4.69) is 15.3 Å². The largest absolute Gasteiger partial charge is 0.493 e. The summed E-state index contributed by atoms with van der Waals surface area (Å²) >= 11 is 12.0. The van der Waals surface area contributed by atoms with Crippen molar-refractivity contribution in [3.8, 4) is 17.4 Å². The van der Waals surface area contributed by atoms with Gasteiger partial charge in [0.2, 0.25) is 11.8 Å². The predicted molar refractivity (Wildman–Crippen MR) is 136 cm³/mol. The van der Waals surface area contributed by atoms with Gasteiger partial charge in [0.05, 0.1) is 40.1 Å². The molecule has 0 aliphatic heterocycles. The normalized spacial score (nSPS) is 11.1. The second kappa shape index (κ2) is 10.0. The lowest BCUT2D eigenvalue weighted by Gasteiger charge is -2.10. The number of benzene rings is 3. The van der Waals surface area contributed by atoms with E-state index in [1.54, 1.807) is 55.7 Å². The van der Waals surface area contributed by atoms with Crippen molar-refractivity contribution in [1.29, 1.82) is 0 Å². The summed E-state index contributed by atoms with van der Waals surface area (Å²) in [6.07, 6.45) is 3.40. The molecule has 1 heterocycles. The van der Waals surface area contributed by atoms with Crippen LogP contribution in [0.25, 0.3) is 23.1 Å². The number of methoxy groups -OCH3 is 2. The minimum atomic E-state index is -0.547. The van der Waals surface area contributed by atoms with Crippen molar-refractivity contribution in [2.75, 3.05) is 19.5 Å². The van der Waals surface area contributed by atoms with Crippen LogP contribution < -0.4 is 14.8 Å². The number of nitro benzene ring substituents is 1. The summed E-state index contributed by atoms with van der Waals surface area (Å²) in [7, 11) is 3.07. The fraction of sp³-hybridized carbons (Fsp3) is 0.0833. The summed E-state index contributed by atoms with van der Waals surface area (Å²) in [5.41, 5.74) is 1.80. The molecule has 11 heteroatoms. The quantitative estimate of drug-likeness (QED) is 0.164. The fourth-order valence-electron chi connectivity index (χ4n) is 3.36. The van der Waals surface area contributed by atoms with E-state index < -0.39 is 10.8 Å². The average molecular weight is 513 g/mol. The topological polar surface area (TPSA) is 120 Å². The van der Waals surface area contributed by atoms with Crippen molar-refractivity contribution < 1.29 is 19.5 Å². The van der Waals surface area contributed by atoms with Crippen LogP contribution in [0.1, 0.15) is 11.1 Å². The molecule has 4 aromatic rings. The van der Waals surface area contributed by atoms with Crippen LogP contribution in [0.2, 0.25) is 10.0 Å². The van der Waals surface area contributed by atoms with Gasteiger partial charge in [0.15, 0.2) is 11.5 Å². The highest BCUT2D eigenvalue weighted by molar-refractivity contribution is 6.42. The fourth-order valence-corrected chi connectivity index (χ4v) is 3.66. The molecule has 0 bridgehead atoms. The summed E-state index contributed by atoms with van der Waals surface area (Å²) in [5.74, 6) is 0.762. The van der Waals surface area contributed by atoms with Gasteiger partial charge in [0.25, 0.3) is 5.69 Å². The van der Waals surface area contributed by atoms with Crippen molar-refractivity contribution in [3.63, 3.8) is 0 Å². The summed E-state index contributed by atoms with van der Waals surface area (Å²) in [4.78, 5) is 19.5. The molecule has 2 N–H and O–H groups in total. The molecule has 0 unspecified atom stereocenters. The number of aromatic nitrogens is 2. The van der Waals surface area contributed by atoms with Crippen molar-refractivity contribution >= 4 is 63.6 Å². The van der Waals surface area contributed by atoms with Crippen LogP contribution in [0.3, 0.4) is 0 Å². The number of hydrogen-bond donors (Lipinski definition) is 2. The molecule has 1 aromatic heterocycles. The Morgan fingerprint density at radius 2 is 1.74 bits per heavy atom. The highest BCUT2D eigenvalue weighted by atomic mass is 35.5. The zero-order valence-corrected chi connectivity index (χ0v) is 20.0. The first-order valence-corrected chi connectivity index (χ1v) is 10.9. The average Bonchev–Trinajstić information content (AvgIpc) is 2.84. The number of rotatable bonds is 7. The van der Waals surface area contributed by atoms with E-state index in [9.17, 15) is 15.2 Å². The van der Waals surface area contributed by atoms with Crippen LogP contribution in [0, 0.1) is 10.1 Å². The molecule has 0 fully saturated rings. The highest BCUT2D eigenvalue weighted by Gasteiger charge is 2.17. The van der Waals surface area contributed by atoms with E-state index in [-0.39, 0.29) is 17.0 Å².